The van der Waals surface area contributed by atoms with Crippen molar-refractivity contribution in [3.8, 4) is 0 Å². The molecule has 0 aromatic carbocycles. The average molecular weight is 938 g/mol. The summed E-state index contributed by atoms with van der Waals surface area (Å²) in [5.41, 5.74) is 2.09. The molecule has 25 nitrogen and oxygen atoms in total. The Bertz CT molecular complexity index is 1810. The predicted octanol–water partition coefficient (Wildman–Crippen LogP) is -0.0789. The number of aliphatic hydroxyl groups is 3. The van der Waals surface area contributed by atoms with E-state index in [4.69, 9.17) is 24.0 Å². The van der Waals surface area contributed by atoms with Crippen LogP contribution in [0.4, 0.5) is 0 Å². The first-order chi connectivity index (χ1) is 27.9. The van der Waals surface area contributed by atoms with Crippen molar-refractivity contribution in [1.29, 1.82) is 0 Å². The molecule has 60 heavy (non-hydrogen) atoms. The van der Waals surface area contributed by atoms with E-state index in [9.17, 15) is 63.0 Å². The maximum atomic E-state index is 12.9. The van der Waals surface area contributed by atoms with Gasteiger partial charge in [-0.3, -0.25) is 32.9 Å². The van der Waals surface area contributed by atoms with Crippen LogP contribution in [0, 0.1) is 5.41 Å². The molecule has 0 aromatic heterocycles. The van der Waals surface area contributed by atoms with Crippen LogP contribution < -0.4 is 16.4 Å². The zero-order chi connectivity index (χ0) is 45.1. The third kappa shape index (κ3) is 14.5. The molecule has 0 bridgehead atoms. The molecule has 3 heterocycles. The maximum Gasteiger partial charge on any atom is 0.481 e. The van der Waals surface area contributed by atoms with Crippen LogP contribution in [0.5, 0.6) is 0 Å². The van der Waals surface area contributed by atoms with Crippen LogP contribution in [0.3, 0.4) is 0 Å². The molecule has 0 spiro atoms. The topological polar surface area (TPSA) is 381 Å². The number of hydrogen-bond acceptors (Lipinski definition) is 20. The number of allylic oxidation sites excluding steroid dienone is 1. The monoisotopic (exact) mass is 937 g/mol. The lowest BCUT2D eigenvalue weighted by Crippen LogP contribution is -2.61. The number of fused-ring (bicyclic) bond motifs is 1. The molecule has 3 unspecified atom stereocenters. The van der Waals surface area contributed by atoms with E-state index in [1.165, 1.54) is 13.8 Å². The van der Waals surface area contributed by atoms with Crippen molar-refractivity contribution in [3.05, 3.63) is 11.8 Å². The molecule has 3 aliphatic rings. The van der Waals surface area contributed by atoms with Gasteiger partial charge in [-0.15, -0.1) is 0 Å². The summed E-state index contributed by atoms with van der Waals surface area (Å²) < 4.78 is 62.0. The second-order valence-electron chi connectivity index (χ2n) is 14.4. The molecule has 3 aliphatic heterocycles. The molecule has 2 amide bonds. The van der Waals surface area contributed by atoms with Gasteiger partial charge in [0.2, 0.25) is 17.5 Å². The number of ketones is 1. The number of hydrogen-bond donors (Lipinski definition) is 11. The van der Waals surface area contributed by atoms with Gasteiger partial charge in [0.1, 0.15) is 48.5 Å². The average Bonchev–Trinajstić information content (AvgIpc) is 3.69. The van der Waals surface area contributed by atoms with Gasteiger partial charge in [0.15, 0.2) is 11.6 Å². The number of unbranched alkanes of at least 4 members (excludes halogenated alkanes) is 4. The van der Waals surface area contributed by atoms with Gasteiger partial charge >= 0.3 is 23.5 Å². The Hall–Kier alpha value is -2.48. The molecule has 0 aromatic rings. The zero-order valence-electron chi connectivity index (χ0n) is 33.0. The van der Waals surface area contributed by atoms with Crippen molar-refractivity contribution in [2.45, 2.75) is 102 Å². The third-order valence-electron chi connectivity index (χ3n) is 9.15. The molecule has 342 valence electrons. The van der Waals surface area contributed by atoms with E-state index in [2.05, 4.69) is 42.6 Å². The summed E-state index contributed by atoms with van der Waals surface area (Å²) in [4.78, 5) is 90.4. The number of carbonyl (C=O) groups is 3. The maximum absolute atomic E-state index is 12.9. The molecule has 0 saturated carbocycles. The van der Waals surface area contributed by atoms with Gasteiger partial charge in [0, 0.05) is 43.2 Å². The lowest BCUT2D eigenvalue weighted by atomic mass is 9.87. The number of amidine groups is 1. The summed E-state index contributed by atoms with van der Waals surface area (Å²) in [5.74, 6) is -2.42. The number of rotatable bonds is 26. The van der Waals surface area contributed by atoms with Crippen LogP contribution in [0.1, 0.15) is 65.7 Å². The van der Waals surface area contributed by atoms with Gasteiger partial charge < -0.3 is 56.0 Å². The van der Waals surface area contributed by atoms with Gasteiger partial charge in [0.05, 0.1) is 19.9 Å². The molecule has 0 radical (unpaired) electrons. The largest absolute Gasteiger partial charge is 0.508 e. The van der Waals surface area contributed by atoms with Gasteiger partial charge in [-0.25, -0.2) is 28.6 Å². The Morgan fingerprint density at radius 3 is 2.40 bits per heavy atom. The number of nitrogens with two attached hydrogens (primary N) is 1. The van der Waals surface area contributed by atoms with E-state index in [1.807, 2.05) is 6.92 Å². The van der Waals surface area contributed by atoms with Gasteiger partial charge in [-0.05, 0) is 6.42 Å². The highest BCUT2D eigenvalue weighted by Crippen LogP contribution is 2.61. The van der Waals surface area contributed by atoms with E-state index >= 15 is 0 Å². The fourth-order valence-electron chi connectivity index (χ4n) is 6.06. The van der Waals surface area contributed by atoms with Crippen LogP contribution >= 0.6 is 36.1 Å². The molecule has 8 atom stereocenters. The molecule has 29 heteroatoms. The first-order valence-electron chi connectivity index (χ1n) is 18.6. The highest BCUT2D eigenvalue weighted by atomic mass is 32.1. The first-order valence-corrected chi connectivity index (χ1v) is 23.7. The summed E-state index contributed by atoms with van der Waals surface area (Å²) in [6.07, 6.45) is -3.74. The van der Waals surface area contributed by atoms with Gasteiger partial charge in [-0.2, -0.15) is 16.9 Å². The van der Waals surface area contributed by atoms with Crippen molar-refractivity contribution >= 4 is 71.6 Å². The van der Waals surface area contributed by atoms with Crippen LogP contribution in [0.25, 0.3) is 0 Å². The van der Waals surface area contributed by atoms with Crippen LogP contribution in [-0.2, 0) is 50.7 Å². The molecule has 3 rings (SSSR count). The highest BCUT2D eigenvalue weighted by molar-refractivity contribution is 7.80. The minimum absolute atomic E-state index is 0.0652. The Labute approximate surface area is 350 Å². The molecule has 0 aliphatic carbocycles. The Balaban J connectivity index is 1.73. The minimum atomic E-state index is -5.67. The summed E-state index contributed by atoms with van der Waals surface area (Å²) >= 11 is 3.96. The Morgan fingerprint density at radius 2 is 1.75 bits per heavy atom. The van der Waals surface area contributed by atoms with E-state index in [0.717, 1.165) is 43.0 Å². The molecule has 1 fully saturated rings. The van der Waals surface area contributed by atoms with Crippen LogP contribution in [-0.4, -0.2) is 150 Å². The predicted molar refractivity (Wildman–Crippen MR) is 215 cm³/mol. The van der Waals surface area contributed by atoms with Crippen LogP contribution in [0.15, 0.2) is 26.8 Å². The number of phosphoric acid groups is 3. The lowest BCUT2D eigenvalue weighted by molar-refractivity contribution is -0.137. The van der Waals surface area contributed by atoms with E-state index in [0.29, 0.717) is 18.7 Å². The SMILES string of the molecule is CCCCCCCC(=O)C=C(O)C12N=CN=C(N)C1=NCN2[C@@H]1O[C@H](COP(=O)(O)OP(=O)(O)OCC(C)(C)[C@@H](O)C(=O)NCCC(=O)NCCS)[C@@H](OP(=O)(O)O)[C@H]1O. The zero-order valence-corrected chi connectivity index (χ0v) is 36.6. The molecular weight excluding hydrogens is 883 g/mol. The first kappa shape index (κ1) is 51.9. The number of amides is 2. The number of ether oxygens (including phenoxy) is 1. The smallest absolute Gasteiger partial charge is 0.481 e. The standard InChI is InChI=1S/C31H54N7O18P3S/c1-4-5-6-7-8-9-19(39)14-21(40)31-25(27(32)35-17-37-31)36-18-38(31)29-23(42)24(55-57(45,46)47)20(54-29)15-52-58(48,49)56-59(50,51)53-16-30(2,3)26(43)28(44)34-11-10-22(41)33-12-13-60/h14,17,20,23-24,26,29,40,42-43,60H,4-13,15-16,18H2,1-3H3,(H,33,41)(H,34,44)(H,48,49)(H,50,51)(H2,32,35,37)(H2,45,46,47)/t20-,23-,24-,26+,29-,31?/m1/s1. The van der Waals surface area contributed by atoms with Crippen molar-refractivity contribution in [2.24, 2.45) is 26.1 Å². The fraction of sp³-hybridized carbons (Fsp3) is 0.742. The number of nitrogens with one attached hydrogen (secondary N) is 2. The van der Waals surface area contributed by atoms with Crippen molar-refractivity contribution in [1.82, 2.24) is 15.5 Å². The van der Waals surface area contributed by atoms with E-state index in [1.54, 1.807) is 0 Å². The lowest BCUT2D eigenvalue weighted by Gasteiger charge is -2.39. The second-order valence-corrected chi connectivity index (χ2v) is 19.1. The van der Waals surface area contributed by atoms with Crippen molar-refractivity contribution in [3.63, 3.8) is 0 Å². The Morgan fingerprint density at radius 1 is 1.08 bits per heavy atom. The van der Waals surface area contributed by atoms with Gasteiger partial charge in [-0.1, -0.05) is 46.5 Å². The van der Waals surface area contributed by atoms with E-state index < -0.39 is 103 Å². The second kappa shape index (κ2) is 22.2. The molecule has 11 N–H and O–H groups in total. The summed E-state index contributed by atoms with van der Waals surface area (Å²) in [6, 6.07) is 0. The number of carbonyl (C=O) groups excluding carboxylic acids is 3. The quantitative estimate of drug-likeness (QED) is 0.0178. The van der Waals surface area contributed by atoms with Crippen molar-refractivity contribution in [2.75, 3.05) is 38.7 Å². The fourth-order valence-corrected chi connectivity index (χ4v) is 9.00. The normalized spacial score (nSPS) is 26.1. The number of aliphatic hydroxyl groups excluding tert-OH is 3. The molecule has 1 saturated heterocycles. The van der Waals surface area contributed by atoms with Gasteiger partial charge in [0.25, 0.3) is 0 Å². The molecular formula is C31H54N7O18P3S. The van der Waals surface area contributed by atoms with Crippen molar-refractivity contribution < 1.29 is 85.6 Å². The van der Waals surface area contributed by atoms with E-state index in [-0.39, 0.29) is 36.8 Å². The highest BCUT2D eigenvalue weighted by Gasteiger charge is 2.60. The third-order valence-corrected chi connectivity index (χ3v) is 12.5. The Kier molecular flexibility index (Phi) is 19.2. The minimum Gasteiger partial charge on any atom is -0.508 e. The summed E-state index contributed by atoms with van der Waals surface area (Å²) in [5, 5.41) is 38.2. The van der Waals surface area contributed by atoms with Crippen LogP contribution in [0.2, 0.25) is 0 Å². The number of phosphoric ester groups is 3. The number of nitrogens with zero attached hydrogens (tertiary/aromatic N) is 4. The summed E-state index contributed by atoms with van der Waals surface area (Å²) in [7, 11) is -16.7. The number of aliphatic imine (C=N–C) groups is 3. The number of thiol groups is 1. The summed E-state index contributed by atoms with van der Waals surface area (Å²) in [6.45, 7) is 2.05.